The third-order valence-corrected chi connectivity index (χ3v) is 12.7. The van der Waals surface area contributed by atoms with E-state index in [0.717, 1.165) is 22.9 Å². The molecule has 0 unspecified atom stereocenters. The molecule has 2 nitrogen and oxygen atoms in total. The maximum atomic E-state index is 7.04. The Morgan fingerprint density at radius 1 is 0.381 bits per heavy atom. The molecule has 7 rings (SSSR count). The summed E-state index contributed by atoms with van der Waals surface area (Å²) >= 11 is 0. The molecule has 0 spiro atoms. The van der Waals surface area contributed by atoms with Crippen LogP contribution >= 0.6 is 15.8 Å². The van der Waals surface area contributed by atoms with E-state index in [0.29, 0.717) is 0 Å². The fourth-order valence-corrected chi connectivity index (χ4v) is 10.8. The molecule has 1 aliphatic rings. The molecule has 0 saturated carbocycles. The van der Waals surface area contributed by atoms with Crippen molar-refractivity contribution >= 4 is 59.0 Å². The van der Waals surface area contributed by atoms with Gasteiger partial charge < -0.3 is 10.1 Å². The van der Waals surface area contributed by atoms with Gasteiger partial charge in [-0.15, -0.1) is 0 Å². The van der Waals surface area contributed by atoms with Gasteiger partial charge in [-0.3, -0.25) is 0 Å². The van der Waals surface area contributed by atoms with Gasteiger partial charge >= 0.3 is 51.4 Å². The first-order valence-corrected chi connectivity index (χ1v) is 16.5. The van der Waals surface area contributed by atoms with Gasteiger partial charge in [-0.25, -0.2) is 0 Å². The van der Waals surface area contributed by atoms with Crippen molar-refractivity contribution in [2.24, 2.45) is 0 Å². The predicted molar refractivity (Wildman–Crippen MR) is 176 cm³/mol. The number of benzene rings is 6. The summed E-state index contributed by atoms with van der Waals surface area (Å²) < 4.78 is 7.04. The van der Waals surface area contributed by atoms with Crippen LogP contribution in [-0.4, -0.2) is 0 Å². The molecule has 6 aromatic carbocycles. The molecule has 0 aliphatic carbocycles. The molecule has 0 amide bonds. The number of para-hydroxylation sites is 2. The molecule has 0 radical (unpaired) electrons. The number of fused-ring (bicyclic) bond motifs is 2. The smallest absolute Gasteiger partial charge is 0.652 e. The van der Waals surface area contributed by atoms with Crippen LogP contribution in [0.5, 0.6) is 11.5 Å². The number of nitrogens with zero attached hydrogens (tertiary/aromatic N) is 1. The van der Waals surface area contributed by atoms with E-state index >= 15 is 0 Å². The molecular weight excluding hydrogens is 670 g/mol. The second-order valence-corrected chi connectivity index (χ2v) is 14.6. The predicted octanol–water partition coefficient (Wildman–Crippen LogP) is 4.11. The van der Waals surface area contributed by atoms with Gasteiger partial charge in [0.2, 0.25) is 0 Å². The Hall–Kier alpha value is -1.92. The Balaban J connectivity index is 0.00000176. The van der Waals surface area contributed by atoms with Crippen LogP contribution < -0.4 is 87.9 Å². The summed E-state index contributed by atoms with van der Waals surface area (Å²) in [5, 5.41) is 12.9. The third-order valence-electron chi connectivity index (χ3n) is 7.22. The Labute approximate surface area is 306 Å². The van der Waals surface area contributed by atoms with Crippen molar-refractivity contribution in [2.45, 2.75) is 0 Å². The Morgan fingerprint density at radius 2 is 0.690 bits per heavy atom. The zero-order valence-corrected chi connectivity index (χ0v) is 29.9. The van der Waals surface area contributed by atoms with Gasteiger partial charge in [0.05, 0.1) is 0 Å². The van der Waals surface area contributed by atoms with Gasteiger partial charge in [-0.1, -0.05) is 108 Å². The topological polar surface area (TPSA) is 23.3 Å². The van der Waals surface area contributed by atoms with Crippen LogP contribution in [0, 0.1) is 0 Å². The van der Waals surface area contributed by atoms with Crippen LogP contribution in [0.4, 0.5) is 11.4 Å². The van der Waals surface area contributed by atoms with Crippen molar-refractivity contribution < 1.29 is 76.5 Å². The van der Waals surface area contributed by atoms with Crippen LogP contribution in [0.2, 0.25) is 0 Å². The fourth-order valence-electron chi connectivity index (χ4n) is 5.44. The molecule has 0 atom stereocenters. The number of hydrogen-bond acceptors (Lipinski definition) is 1. The maximum absolute atomic E-state index is 7.04. The molecule has 1 heterocycles. The SMILES string of the molecule is [K+].[Pd].c1ccc([PH+](c2ccccc2)c2cccc3c2Oc2c(cccc2[PH+](c2ccccc2)c2ccccc2)[N-]3)cc1. The van der Waals surface area contributed by atoms with E-state index in [9.17, 15) is 0 Å². The van der Waals surface area contributed by atoms with Crippen LogP contribution in [0.1, 0.15) is 0 Å². The first kappa shape index (κ1) is 31.5. The number of hydrogen-bond donors (Lipinski definition) is 0. The second kappa shape index (κ2) is 14.7. The van der Waals surface area contributed by atoms with Gasteiger partial charge in [0, 0.05) is 20.4 Å². The summed E-state index contributed by atoms with van der Waals surface area (Å²) in [6, 6.07) is 56.2. The van der Waals surface area contributed by atoms with Gasteiger partial charge in [0.15, 0.2) is 11.5 Å². The minimum Gasteiger partial charge on any atom is -0.652 e. The Morgan fingerprint density at radius 3 is 1.00 bits per heavy atom. The van der Waals surface area contributed by atoms with Crippen molar-refractivity contribution in [3.63, 3.8) is 0 Å². The summed E-state index contributed by atoms with van der Waals surface area (Å²) in [5.74, 6) is 1.76. The average molecular weight is 698 g/mol. The zero-order chi connectivity index (χ0) is 26.7. The monoisotopic (exact) mass is 697 g/mol. The molecule has 0 N–H and O–H groups in total. The molecule has 0 fully saturated rings. The average Bonchev–Trinajstić information content (AvgIpc) is 3.03. The van der Waals surface area contributed by atoms with Gasteiger partial charge in [0.1, 0.15) is 47.7 Å². The molecule has 0 saturated heterocycles. The van der Waals surface area contributed by atoms with Gasteiger partial charge in [0.25, 0.3) is 0 Å². The Bertz CT molecular complexity index is 1550. The van der Waals surface area contributed by atoms with E-state index in [-0.39, 0.29) is 71.8 Å². The van der Waals surface area contributed by atoms with Crippen molar-refractivity contribution in [2.75, 3.05) is 0 Å². The van der Waals surface area contributed by atoms with Crippen molar-refractivity contribution in [1.82, 2.24) is 0 Å². The molecular formula is C36H28KNOP2Pd+2. The molecule has 0 aromatic heterocycles. The van der Waals surface area contributed by atoms with Crippen molar-refractivity contribution in [3.05, 3.63) is 163 Å². The normalized spacial score (nSPS) is 11.3. The van der Waals surface area contributed by atoms with E-state index in [1.807, 2.05) is 0 Å². The number of ether oxygens (including phenoxy) is 1. The van der Waals surface area contributed by atoms with Crippen molar-refractivity contribution in [3.8, 4) is 11.5 Å². The Kier molecular flexibility index (Phi) is 11.0. The molecule has 202 valence electrons. The standard InChI is InChI=1S/C36H26NOP2.K.Pd/c1-5-15-27(16-6-1)39(28-17-7-2-8-18-28)33-25-13-23-31-35(33)38-36-32(37-31)24-14-26-34(36)40(29-19-9-3-10-20-29)30-21-11-4-12-22-30;;/h1-26H;;/q-1;+1;/p+2. The van der Waals surface area contributed by atoms with E-state index in [1.165, 1.54) is 31.8 Å². The minimum atomic E-state index is -1.33. The summed E-state index contributed by atoms with van der Waals surface area (Å²) in [6.07, 6.45) is 0. The van der Waals surface area contributed by atoms with Gasteiger partial charge in [-0.2, -0.15) is 0 Å². The van der Waals surface area contributed by atoms with Crippen molar-refractivity contribution in [1.29, 1.82) is 0 Å². The number of rotatable bonds is 6. The molecule has 6 heteroatoms. The third kappa shape index (κ3) is 6.45. The molecule has 0 bridgehead atoms. The summed E-state index contributed by atoms with van der Waals surface area (Å²) in [4.78, 5) is 0. The first-order chi connectivity index (χ1) is 19.9. The molecule has 6 aromatic rings. The van der Waals surface area contributed by atoms with Crippen LogP contribution in [0.25, 0.3) is 5.32 Å². The summed E-state index contributed by atoms with van der Waals surface area (Å²) in [6.45, 7) is 0. The van der Waals surface area contributed by atoms with Gasteiger partial charge in [-0.05, 0) is 60.7 Å². The van der Waals surface area contributed by atoms with E-state index in [2.05, 4.69) is 158 Å². The van der Waals surface area contributed by atoms with E-state index in [1.54, 1.807) is 0 Å². The van der Waals surface area contributed by atoms with Crippen LogP contribution in [0.3, 0.4) is 0 Å². The minimum absolute atomic E-state index is 0. The van der Waals surface area contributed by atoms with Crippen LogP contribution in [-0.2, 0) is 20.4 Å². The summed E-state index contributed by atoms with van der Waals surface area (Å²) in [7, 11) is -2.66. The maximum Gasteiger partial charge on any atom is 1.00 e. The first-order valence-electron chi connectivity index (χ1n) is 13.5. The van der Waals surface area contributed by atoms with E-state index in [4.69, 9.17) is 10.1 Å². The fraction of sp³-hybridized carbons (Fsp3) is 0. The van der Waals surface area contributed by atoms with Crippen LogP contribution in [0.15, 0.2) is 158 Å². The summed E-state index contributed by atoms with van der Waals surface area (Å²) in [5.41, 5.74) is 1.79. The zero-order valence-electron chi connectivity index (χ0n) is 23.2. The van der Waals surface area contributed by atoms with E-state index < -0.39 is 15.8 Å². The quantitative estimate of drug-likeness (QED) is 0.190. The largest absolute Gasteiger partial charge is 1.00 e. The molecule has 42 heavy (non-hydrogen) atoms. The second-order valence-electron chi connectivity index (χ2n) is 9.74. The molecule has 1 aliphatic heterocycles.